The fourth-order valence-electron chi connectivity index (χ4n) is 5.77. The van der Waals surface area contributed by atoms with Crippen molar-refractivity contribution in [2.75, 3.05) is 13.7 Å². The Morgan fingerprint density at radius 2 is 1.78 bits per heavy atom. The molecule has 0 aromatic heterocycles. The number of methoxy groups -OCH3 is 1. The number of ether oxygens (including phenoxy) is 1. The molecule has 0 aliphatic heterocycles. The molecule has 4 aliphatic rings. The number of carbonyl (C=O) groups is 2. The first-order valence-electron chi connectivity index (χ1n) is 9.77. The molecule has 146 valence electrons. The van der Waals surface area contributed by atoms with Crippen LogP contribution in [-0.4, -0.2) is 30.3 Å². The highest BCUT2D eigenvalue weighted by Crippen LogP contribution is 2.63. The van der Waals surface area contributed by atoms with Crippen molar-refractivity contribution in [3.63, 3.8) is 0 Å². The van der Waals surface area contributed by atoms with E-state index in [4.69, 9.17) is 16.3 Å². The minimum absolute atomic E-state index is 0.0150. The van der Waals surface area contributed by atoms with Gasteiger partial charge in [-0.1, -0.05) is 12.1 Å². The Morgan fingerprint density at radius 3 is 2.37 bits per heavy atom. The van der Waals surface area contributed by atoms with E-state index in [0.29, 0.717) is 18.4 Å². The molecule has 1 aromatic carbocycles. The van der Waals surface area contributed by atoms with E-state index in [1.165, 1.54) is 6.42 Å². The second kappa shape index (κ2) is 7.01. The predicted octanol–water partition coefficient (Wildman–Crippen LogP) is 3.01. The maximum absolute atomic E-state index is 12.9. The van der Waals surface area contributed by atoms with Gasteiger partial charge in [0, 0.05) is 11.4 Å². The molecule has 0 saturated heterocycles. The molecule has 4 aliphatic carbocycles. The molecule has 5 rings (SSSR count). The summed E-state index contributed by atoms with van der Waals surface area (Å²) in [5.41, 5.74) is 0.628. The first-order valence-corrected chi connectivity index (χ1v) is 10.1. The Balaban J connectivity index is 1.28. The lowest BCUT2D eigenvalue weighted by atomic mass is 9.49. The molecule has 27 heavy (non-hydrogen) atoms. The normalized spacial score (nSPS) is 33.6. The second-order valence-electron chi connectivity index (χ2n) is 8.70. The molecule has 4 saturated carbocycles. The molecule has 0 radical (unpaired) electrons. The smallest absolute Gasteiger partial charge is 0.239 e. The number of carbonyl (C=O) groups excluding carboxylic acids is 2. The lowest BCUT2D eigenvalue weighted by Crippen LogP contribution is -2.59. The van der Waals surface area contributed by atoms with Gasteiger partial charge < -0.3 is 15.4 Å². The zero-order chi connectivity index (χ0) is 19.1. The number of halogens is 1. The van der Waals surface area contributed by atoms with Gasteiger partial charge in [0.1, 0.15) is 5.75 Å². The van der Waals surface area contributed by atoms with Gasteiger partial charge in [0.15, 0.2) is 0 Å². The van der Waals surface area contributed by atoms with Crippen LogP contribution in [-0.2, 0) is 16.1 Å². The molecule has 1 aromatic rings. The summed E-state index contributed by atoms with van der Waals surface area (Å²) in [6, 6.07) is 7.54. The van der Waals surface area contributed by atoms with Gasteiger partial charge in [0.05, 0.1) is 19.1 Å². The summed E-state index contributed by atoms with van der Waals surface area (Å²) in [6.45, 7) is 0.445. The van der Waals surface area contributed by atoms with E-state index in [1.54, 1.807) is 7.11 Å². The fraction of sp³-hybridized carbons (Fsp3) is 0.619. The van der Waals surface area contributed by atoms with E-state index in [-0.39, 0.29) is 28.6 Å². The highest BCUT2D eigenvalue weighted by molar-refractivity contribution is 6.24. The van der Waals surface area contributed by atoms with Gasteiger partial charge in [-0.25, -0.2) is 0 Å². The first-order chi connectivity index (χ1) is 12.9. The van der Waals surface area contributed by atoms with Gasteiger partial charge in [0.25, 0.3) is 0 Å². The molecule has 5 nitrogen and oxygen atoms in total. The third-order valence-electron chi connectivity index (χ3n) is 6.53. The summed E-state index contributed by atoms with van der Waals surface area (Å²) in [6.07, 6.45) is 5.92. The van der Waals surface area contributed by atoms with Gasteiger partial charge in [-0.2, -0.15) is 0 Å². The van der Waals surface area contributed by atoms with E-state index in [9.17, 15) is 9.59 Å². The van der Waals surface area contributed by atoms with E-state index >= 15 is 0 Å². The molecular weight excluding hydrogens is 364 g/mol. The van der Waals surface area contributed by atoms with Gasteiger partial charge in [0.2, 0.25) is 11.8 Å². The topological polar surface area (TPSA) is 67.4 Å². The minimum atomic E-state index is -0.359. The van der Waals surface area contributed by atoms with Crippen molar-refractivity contribution >= 4 is 23.4 Å². The molecule has 6 heteroatoms. The summed E-state index contributed by atoms with van der Waals surface area (Å²) in [5.74, 6) is 1.76. The maximum atomic E-state index is 12.9. The maximum Gasteiger partial charge on any atom is 0.239 e. The van der Waals surface area contributed by atoms with Crippen molar-refractivity contribution in [1.82, 2.24) is 10.6 Å². The number of amides is 2. The Hall–Kier alpha value is -1.75. The van der Waals surface area contributed by atoms with Crippen LogP contribution in [0.25, 0.3) is 0 Å². The van der Waals surface area contributed by atoms with Crippen LogP contribution in [0.15, 0.2) is 24.3 Å². The molecule has 2 N–H and O–H groups in total. The average molecular weight is 391 g/mol. The van der Waals surface area contributed by atoms with Crippen molar-refractivity contribution < 1.29 is 14.3 Å². The van der Waals surface area contributed by atoms with E-state index in [1.807, 2.05) is 24.3 Å². The van der Waals surface area contributed by atoms with Crippen LogP contribution in [0.3, 0.4) is 0 Å². The van der Waals surface area contributed by atoms with Crippen molar-refractivity contribution in [3.05, 3.63) is 29.8 Å². The van der Waals surface area contributed by atoms with Crippen LogP contribution in [0.5, 0.6) is 5.75 Å². The number of hydrogen-bond acceptors (Lipinski definition) is 3. The Bertz CT molecular complexity index is 719. The summed E-state index contributed by atoms with van der Waals surface area (Å²) >= 11 is 6.80. The highest BCUT2D eigenvalue weighted by Gasteiger charge is 2.60. The number of alkyl halides is 1. The van der Waals surface area contributed by atoms with E-state index < -0.39 is 0 Å². The quantitative estimate of drug-likeness (QED) is 0.734. The lowest BCUT2D eigenvalue weighted by molar-refractivity contribution is -0.145. The summed E-state index contributed by atoms with van der Waals surface area (Å²) < 4.78 is 5.12. The van der Waals surface area contributed by atoms with E-state index in [2.05, 4.69) is 10.6 Å². The summed E-state index contributed by atoms with van der Waals surface area (Å²) in [4.78, 5) is 24.9. The molecule has 0 spiro atoms. The number of benzene rings is 1. The molecule has 2 unspecified atom stereocenters. The zero-order valence-electron chi connectivity index (χ0n) is 15.7. The predicted molar refractivity (Wildman–Crippen MR) is 104 cm³/mol. The number of hydrogen-bond donors (Lipinski definition) is 2. The van der Waals surface area contributed by atoms with Crippen LogP contribution >= 0.6 is 11.6 Å². The SMILES string of the molecule is COc1ccc(CNC(=O)CNC(=O)C23C[C@@H]4C[C@@H](CC(Cl)(C4)C2)C3)cc1. The molecule has 4 fully saturated rings. The molecule has 4 atom stereocenters. The third-order valence-corrected chi connectivity index (χ3v) is 6.97. The second-order valence-corrected chi connectivity index (χ2v) is 9.50. The number of rotatable bonds is 6. The molecule has 0 heterocycles. The summed E-state index contributed by atoms with van der Waals surface area (Å²) in [7, 11) is 1.62. The highest BCUT2D eigenvalue weighted by atomic mass is 35.5. The third kappa shape index (κ3) is 3.79. The average Bonchev–Trinajstić information content (AvgIpc) is 2.62. The van der Waals surface area contributed by atoms with Gasteiger partial charge in [-0.3, -0.25) is 9.59 Å². The van der Waals surface area contributed by atoms with Gasteiger partial charge in [-0.05, 0) is 68.1 Å². The minimum Gasteiger partial charge on any atom is -0.497 e. The van der Waals surface area contributed by atoms with Crippen LogP contribution in [0.1, 0.15) is 44.1 Å². The molecule has 2 amide bonds. The van der Waals surface area contributed by atoms with Crippen molar-refractivity contribution in [1.29, 1.82) is 0 Å². The Morgan fingerprint density at radius 1 is 1.11 bits per heavy atom. The fourth-order valence-corrected chi connectivity index (χ4v) is 6.46. The van der Waals surface area contributed by atoms with Crippen molar-refractivity contribution in [2.24, 2.45) is 17.3 Å². The molecule has 4 bridgehead atoms. The monoisotopic (exact) mass is 390 g/mol. The van der Waals surface area contributed by atoms with Crippen LogP contribution in [0.4, 0.5) is 0 Å². The summed E-state index contributed by atoms with van der Waals surface area (Å²) in [5, 5.41) is 5.73. The van der Waals surface area contributed by atoms with Crippen molar-refractivity contribution in [2.45, 2.75) is 49.9 Å². The van der Waals surface area contributed by atoms with E-state index in [0.717, 1.165) is 43.4 Å². The largest absolute Gasteiger partial charge is 0.497 e. The first kappa shape index (κ1) is 18.6. The van der Waals surface area contributed by atoms with Crippen LogP contribution in [0, 0.1) is 17.3 Å². The van der Waals surface area contributed by atoms with Crippen molar-refractivity contribution in [3.8, 4) is 5.75 Å². The Kier molecular flexibility index (Phi) is 4.83. The lowest BCUT2D eigenvalue weighted by Gasteiger charge is -2.59. The van der Waals surface area contributed by atoms with Gasteiger partial charge in [-0.15, -0.1) is 11.6 Å². The van der Waals surface area contributed by atoms with Gasteiger partial charge >= 0.3 is 0 Å². The molecular formula is C21H27ClN2O3. The van der Waals surface area contributed by atoms with Crippen LogP contribution < -0.4 is 15.4 Å². The van der Waals surface area contributed by atoms with Crippen LogP contribution in [0.2, 0.25) is 0 Å². The number of nitrogens with one attached hydrogen (secondary N) is 2. The Labute approximate surface area is 165 Å². The zero-order valence-corrected chi connectivity index (χ0v) is 16.5. The standard InChI is InChI=1S/C21H27ClN2O3/c1-27-17-4-2-14(3-5-17)11-23-18(25)12-24-19(26)20-7-15-6-16(8-20)10-21(22,9-15)13-20/h2-5,15-16H,6-13H2,1H3,(H,23,25)(H,24,26)/t15-,16+,20?,21?.